The van der Waals surface area contributed by atoms with Crippen LogP contribution < -0.4 is 0 Å². The third-order valence-electron chi connectivity index (χ3n) is 5.01. The van der Waals surface area contributed by atoms with Crippen LogP contribution in [0, 0.1) is 5.95 Å². The number of hydrogen-bond acceptors (Lipinski definition) is 4. The average molecular weight is 375 g/mol. The Labute approximate surface area is 153 Å². The first-order valence-corrected chi connectivity index (χ1v) is 8.97. The lowest BCUT2D eigenvalue weighted by molar-refractivity contribution is 0.0669. The summed E-state index contributed by atoms with van der Waals surface area (Å²) in [6, 6.07) is 3.24. The van der Waals surface area contributed by atoms with Crippen LogP contribution in [0.25, 0.3) is 5.65 Å². The predicted octanol–water partition coefficient (Wildman–Crippen LogP) is 2.81. The molecule has 7 nitrogen and oxygen atoms in total. The zero-order valence-electron chi connectivity index (χ0n) is 14.1. The molecular weight excluding hydrogens is 359 g/mol. The average Bonchev–Trinajstić information content (AvgIpc) is 3.30. The van der Waals surface area contributed by atoms with Crippen molar-refractivity contribution in [2.45, 2.75) is 38.3 Å². The van der Waals surface area contributed by atoms with Gasteiger partial charge < -0.3 is 9.47 Å². The van der Waals surface area contributed by atoms with Crippen LogP contribution in [0.1, 0.15) is 53.9 Å². The monoisotopic (exact) mass is 374 g/mol. The number of amides is 1. The quantitative estimate of drug-likeness (QED) is 0.691. The number of carbonyl (C=O) groups excluding carboxylic acids is 1. The summed E-state index contributed by atoms with van der Waals surface area (Å²) in [5.74, 6) is 1.09. The summed E-state index contributed by atoms with van der Waals surface area (Å²) in [4.78, 5) is 18.6. The van der Waals surface area contributed by atoms with Gasteiger partial charge in [0.25, 0.3) is 5.91 Å². The molecule has 5 rings (SSSR count). The van der Waals surface area contributed by atoms with Gasteiger partial charge in [0.05, 0.1) is 17.6 Å². The van der Waals surface area contributed by atoms with Crippen molar-refractivity contribution in [1.82, 2.24) is 29.0 Å². The van der Waals surface area contributed by atoms with Gasteiger partial charge >= 0.3 is 0 Å². The SMILES string of the molecule is C[C@H]1CN(C(=O)c2nc3ccc(Cl)cn3c2F)Cc2nnc(C3CC3)n21. The minimum Gasteiger partial charge on any atom is -0.328 e. The number of nitrogens with zero attached hydrogens (tertiary/aromatic N) is 6. The molecule has 0 radical (unpaired) electrons. The lowest BCUT2D eigenvalue weighted by atomic mass is 10.2. The second kappa shape index (κ2) is 5.51. The van der Waals surface area contributed by atoms with E-state index in [0.29, 0.717) is 29.7 Å². The van der Waals surface area contributed by atoms with E-state index < -0.39 is 11.9 Å². The Balaban J connectivity index is 1.48. The fourth-order valence-corrected chi connectivity index (χ4v) is 3.77. The maximum Gasteiger partial charge on any atom is 0.277 e. The molecule has 0 aromatic carbocycles. The van der Waals surface area contributed by atoms with E-state index in [9.17, 15) is 9.18 Å². The molecule has 9 heteroatoms. The molecule has 1 fully saturated rings. The predicted molar refractivity (Wildman–Crippen MR) is 91.6 cm³/mol. The first-order valence-electron chi connectivity index (χ1n) is 8.59. The molecule has 1 atom stereocenters. The molecule has 134 valence electrons. The Bertz CT molecular complexity index is 1040. The first kappa shape index (κ1) is 15.7. The smallest absolute Gasteiger partial charge is 0.277 e. The fourth-order valence-electron chi connectivity index (χ4n) is 3.61. The molecule has 0 N–H and O–H groups in total. The van der Waals surface area contributed by atoms with Crippen LogP contribution in [0.15, 0.2) is 18.3 Å². The van der Waals surface area contributed by atoms with E-state index in [2.05, 4.69) is 19.7 Å². The van der Waals surface area contributed by atoms with Gasteiger partial charge in [-0.15, -0.1) is 10.2 Å². The van der Waals surface area contributed by atoms with Gasteiger partial charge in [-0.25, -0.2) is 4.98 Å². The first-order chi connectivity index (χ1) is 12.5. The molecular formula is C17H16ClFN6O. The van der Waals surface area contributed by atoms with E-state index in [-0.39, 0.29) is 11.7 Å². The van der Waals surface area contributed by atoms with E-state index in [1.807, 2.05) is 6.92 Å². The molecule has 26 heavy (non-hydrogen) atoms. The lowest BCUT2D eigenvalue weighted by Gasteiger charge is -2.32. The molecule has 1 aliphatic carbocycles. The molecule has 0 bridgehead atoms. The highest BCUT2D eigenvalue weighted by Gasteiger charge is 2.36. The number of halogens is 2. The minimum atomic E-state index is -0.703. The summed E-state index contributed by atoms with van der Waals surface area (Å²) >= 11 is 5.91. The van der Waals surface area contributed by atoms with Crippen molar-refractivity contribution in [3.05, 3.63) is 46.6 Å². The lowest BCUT2D eigenvalue weighted by Crippen LogP contribution is -2.41. The molecule has 2 aliphatic rings. The van der Waals surface area contributed by atoms with Gasteiger partial charge in [0, 0.05) is 18.7 Å². The minimum absolute atomic E-state index is 0.0443. The number of hydrogen-bond donors (Lipinski definition) is 0. The van der Waals surface area contributed by atoms with Gasteiger partial charge in [-0.05, 0) is 31.9 Å². The molecule has 3 aromatic rings. The zero-order valence-corrected chi connectivity index (χ0v) is 14.8. The molecule has 4 heterocycles. The van der Waals surface area contributed by atoms with E-state index >= 15 is 0 Å². The van der Waals surface area contributed by atoms with E-state index in [0.717, 1.165) is 24.5 Å². The Hall–Kier alpha value is -2.48. The van der Waals surface area contributed by atoms with E-state index in [1.54, 1.807) is 17.0 Å². The van der Waals surface area contributed by atoms with Crippen molar-refractivity contribution in [3.8, 4) is 0 Å². The standard InChI is InChI=1S/C17H16ClFN6O/c1-9-6-23(8-13-21-22-16(25(9)13)10-2-3-10)17(26)14-15(19)24-7-11(18)4-5-12(24)20-14/h4-5,7,9-10H,2-3,6,8H2,1H3/t9-/m0/s1. The van der Waals surface area contributed by atoms with E-state index in [1.165, 1.54) is 10.6 Å². The summed E-state index contributed by atoms with van der Waals surface area (Å²) in [6.07, 6.45) is 3.69. The van der Waals surface area contributed by atoms with Crippen LogP contribution in [0.3, 0.4) is 0 Å². The maximum atomic E-state index is 14.7. The highest BCUT2D eigenvalue weighted by atomic mass is 35.5. The second-order valence-electron chi connectivity index (χ2n) is 6.98. The van der Waals surface area contributed by atoms with Crippen molar-refractivity contribution in [2.24, 2.45) is 0 Å². The number of pyridine rings is 1. The summed E-state index contributed by atoms with van der Waals surface area (Å²) < 4.78 is 18.0. The van der Waals surface area contributed by atoms with Crippen LogP contribution in [-0.2, 0) is 6.54 Å². The Morgan fingerprint density at radius 2 is 2.12 bits per heavy atom. The largest absolute Gasteiger partial charge is 0.328 e. The Morgan fingerprint density at radius 1 is 1.31 bits per heavy atom. The molecule has 3 aromatic heterocycles. The van der Waals surface area contributed by atoms with Crippen molar-refractivity contribution >= 4 is 23.2 Å². The van der Waals surface area contributed by atoms with Crippen molar-refractivity contribution in [3.63, 3.8) is 0 Å². The molecule has 1 saturated carbocycles. The number of rotatable bonds is 2. The Morgan fingerprint density at radius 3 is 2.88 bits per heavy atom. The summed E-state index contributed by atoms with van der Waals surface area (Å²) in [7, 11) is 0. The van der Waals surface area contributed by atoms with Gasteiger partial charge in [-0.2, -0.15) is 4.39 Å². The summed E-state index contributed by atoms with van der Waals surface area (Å²) in [6.45, 7) is 2.80. The normalized spacial score (nSPS) is 19.8. The molecule has 1 amide bonds. The van der Waals surface area contributed by atoms with E-state index in [4.69, 9.17) is 11.6 Å². The Kier molecular flexibility index (Phi) is 3.34. The summed E-state index contributed by atoms with van der Waals surface area (Å²) in [5, 5.41) is 8.93. The van der Waals surface area contributed by atoms with Crippen molar-refractivity contribution in [1.29, 1.82) is 0 Å². The van der Waals surface area contributed by atoms with Crippen LogP contribution in [-0.4, -0.2) is 41.5 Å². The maximum absolute atomic E-state index is 14.7. The van der Waals surface area contributed by atoms with Crippen LogP contribution in [0.5, 0.6) is 0 Å². The third-order valence-corrected chi connectivity index (χ3v) is 5.23. The number of carbonyl (C=O) groups is 1. The zero-order chi connectivity index (χ0) is 18.0. The number of aromatic nitrogens is 5. The molecule has 0 unspecified atom stereocenters. The number of fused-ring (bicyclic) bond motifs is 2. The van der Waals surface area contributed by atoms with Gasteiger partial charge in [0.1, 0.15) is 11.5 Å². The third kappa shape index (κ3) is 2.32. The molecule has 0 saturated heterocycles. The van der Waals surface area contributed by atoms with Crippen molar-refractivity contribution in [2.75, 3.05) is 6.54 Å². The van der Waals surface area contributed by atoms with Gasteiger partial charge in [-0.1, -0.05) is 11.6 Å². The highest BCUT2D eigenvalue weighted by molar-refractivity contribution is 6.30. The van der Waals surface area contributed by atoms with Crippen molar-refractivity contribution < 1.29 is 9.18 Å². The molecule has 1 aliphatic heterocycles. The van der Waals surface area contributed by atoms with Crippen LogP contribution in [0.2, 0.25) is 5.02 Å². The second-order valence-corrected chi connectivity index (χ2v) is 7.42. The van der Waals surface area contributed by atoms with Gasteiger partial charge in [0.15, 0.2) is 11.5 Å². The van der Waals surface area contributed by atoms with Crippen LogP contribution >= 0.6 is 11.6 Å². The topological polar surface area (TPSA) is 68.3 Å². The molecule has 0 spiro atoms. The fraction of sp³-hybridized carbons (Fsp3) is 0.412. The number of imidazole rings is 1. The van der Waals surface area contributed by atoms with Gasteiger partial charge in [-0.3, -0.25) is 9.20 Å². The van der Waals surface area contributed by atoms with Gasteiger partial charge in [0.2, 0.25) is 5.95 Å². The summed E-state index contributed by atoms with van der Waals surface area (Å²) in [5.41, 5.74) is 0.148. The highest BCUT2D eigenvalue weighted by Crippen LogP contribution is 2.41. The van der Waals surface area contributed by atoms with Crippen LogP contribution in [0.4, 0.5) is 4.39 Å².